The van der Waals surface area contributed by atoms with Crippen molar-refractivity contribution in [2.45, 2.75) is 6.92 Å². The molecule has 0 aromatic carbocycles. The number of carboxylic acids is 1. The van der Waals surface area contributed by atoms with Crippen molar-refractivity contribution in [3.63, 3.8) is 0 Å². The Morgan fingerprint density at radius 3 is 2.80 bits per heavy atom. The van der Waals surface area contributed by atoms with Gasteiger partial charge in [-0.05, 0) is 24.6 Å². The van der Waals surface area contributed by atoms with Crippen LogP contribution in [-0.2, 0) is 9.59 Å². The molecule has 5 nitrogen and oxygen atoms in total. The largest absolute Gasteiger partial charge is 0.478 e. The summed E-state index contributed by atoms with van der Waals surface area (Å²) >= 11 is 0. The van der Waals surface area contributed by atoms with Crippen LogP contribution in [0.1, 0.15) is 5.56 Å². The lowest BCUT2D eigenvalue weighted by molar-refractivity contribution is -0.131. The van der Waals surface area contributed by atoms with Crippen LogP contribution in [0.3, 0.4) is 0 Å². The molecule has 0 saturated carbocycles. The third-order valence-corrected chi connectivity index (χ3v) is 1.54. The van der Waals surface area contributed by atoms with Crippen molar-refractivity contribution in [3.05, 3.63) is 36.0 Å². The lowest BCUT2D eigenvalue weighted by Crippen LogP contribution is -2.09. The van der Waals surface area contributed by atoms with E-state index in [2.05, 4.69) is 10.3 Å². The molecule has 5 heteroatoms. The number of amides is 1. The highest BCUT2D eigenvalue weighted by molar-refractivity contribution is 6.01. The second kappa shape index (κ2) is 4.90. The molecule has 0 spiro atoms. The van der Waals surface area contributed by atoms with E-state index in [1.165, 1.54) is 0 Å². The summed E-state index contributed by atoms with van der Waals surface area (Å²) in [7, 11) is 0. The van der Waals surface area contributed by atoms with Crippen LogP contribution in [-0.4, -0.2) is 22.0 Å². The lowest BCUT2D eigenvalue weighted by Gasteiger charge is -2.00. The maximum Gasteiger partial charge on any atom is 0.328 e. The van der Waals surface area contributed by atoms with E-state index in [0.29, 0.717) is 5.82 Å². The molecule has 0 saturated heterocycles. The molecule has 0 bridgehead atoms. The van der Waals surface area contributed by atoms with E-state index in [1.807, 2.05) is 6.92 Å². The number of aryl methyl sites for hydroxylation is 1. The number of rotatable bonds is 3. The zero-order chi connectivity index (χ0) is 11.3. The number of hydrogen-bond acceptors (Lipinski definition) is 3. The summed E-state index contributed by atoms with van der Waals surface area (Å²) < 4.78 is 0. The maximum absolute atomic E-state index is 11.1. The second-order valence-electron chi connectivity index (χ2n) is 2.88. The molecule has 78 valence electrons. The first-order valence-electron chi connectivity index (χ1n) is 4.22. The SMILES string of the molecule is Cc1ccnc(NC(=O)C=CC(=O)O)c1. The fourth-order valence-electron chi connectivity index (χ4n) is 0.919. The molecule has 15 heavy (non-hydrogen) atoms. The van der Waals surface area contributed by atoms with Gasteiger partial charge in [-0.25, -0.2) is 9.78 Å². The van der Waals surface area contributed by atoms with Crippen molar-refractivity contribution >= 4 is 17.7 Å². The van der Waals surface area contributed by atoms with Gasteiger partial charge in [0.05, 0.1) is 0 Å². The van der Waals surface area contributed by atoms with Gasteiger partial charge >= 0.3 is 5.97 Å². The number of aromatic nitrogens is 1. The number of aliphatic carboxylic acids is 1. The number of pyridine rings is 1. The molecular weight excluding hydrogens is 196 g/mol. The Morgan fingerprint density at radius 2 is 2.20 bits per heavy atom. The summed E-state index contributed by atoms with van der Waals surface area (Å²) in [6, 6.07) is 3.48. The molecular formula is C10H10N2O3. The van der Waals surface area contributed by atoms with Gasteiger partial charge in [0, 0.05) is 18.3 Å². The fraction of sp³-hybridized carbons (Fsp3) is 0.100. The monoisotopic (exact) mass is 206 g/mol. The minimum atomic E-state index is -1.16. The minimum absolute atomic E-state index is 0.398. The quantitative estimate of drug-likeness (QED) is 0.722. The normalized spacial score (nSPS) is 10.2. The number of anilines is 1. The highest BCUT2D eigenvalue weighted by Gasteiger charge is 1.99. The van der Waals surface area contributed by atoms with Crippen LogP contribution in [0.4, 0.5) is 5.82 Å². The summed E-state index contributed by atoms with van der Waals surface area (Å²) in [5, 5.41) is 10.7. The van der Waals surface area contributed by atoms with E-state index >= 15 is 0 Å². The Kier molecular flexibility index (Phi) is 3.56. The Morgan fingerprint density at radius 1 is 1.47 bits per heavy atom. The van der Waals surface area contributed by atoms with Crippen LogP contribution < -0.4 is 5.32 Å². The van der Waals surface area contributed by atoms with Gasteiger partial charge in [0.1, 0.15) is 5.82 Å². The van der Waals surface area contributed by atoms with Crippen LogP contribution in [0, 0.1) is 6.92 Å². The molecule has 0 atom stereocenters. The summed E-state index contributed by atoms with van der Waals surface area (Å²) in [5.74, 6) is -1.28. The van der Waals surface area contributed by atoms with Crippen molar-refractivity contribution in [3.8, 4) is 0 Å². The van der Waals surface area contributed by atoms with Crippen molar-refractivity contribution in [1.29, 1.82) is 0 Å². The molecule has 0 aliphatic carbocycles. The van der Waals surface area contributed by atoms with E-state index in [-0.39, 0.29) is 0 Å². The van der Waals surface area contributed by atoms with Gasteiger partial charge in [0.15, 0.2) is 0 Å². The second-order valence-corrected chi connectivity index (χ2v) is 2.88. The number of nitrogens with one attached hydrogen (secondary N) is 1. The van der Waals surface area contributed by atoms with E-state index < -0.39 is 11.9 Å². The van der Waals surface area contributed by atoms with E-state index in [9.17, 15) is 9.59 Å². The van der Waals surface area contributed by atoms with Crippen LogP contribution in [0.25, 0.3) is 0 Å². The van der Waals surface area contributed by atoms with Gasteiger partial charge in [0.2, 0.25) is 5.91 Å². The first kappa shape index (κ1) is 10.9. The smallest absolute Gasteiger partial charge is 0.328 e. The summed E-state index contributed by atoms with van der Waals surface area (Å²) in [5.41, 5.74) is 0.961. The molecule has 0 radical (unpaired) electrons. The molecule has 1 heterocycles. The summed E-state index contributed by atoms with van der Waals surface area (Å²) in [4.78, 5) is 25.1. The van der Waals surface area contributed by atoms with Gasteiger partial charge in [0.25, 0.3) is 0 Å². The van der Waals surface area contributed by atoms with E-state index in [0.717, 1.165) is 17.7 Å². The zero-order valence-electron chi connectivity index (χ0n) is 8.10. The van der Waals surface area contributed by atoms with Crippen molar-refractivity contribution in [2.75, 3.05) is 5.32 Å². The molecule has 0 aliphatic heterocycles. The number of nitrogens with zero attached hydrogens (tertiary/aromatic N) is 1. The van der Waals surface area contributed by atoms with Crippen LogP contribution in [0.5, 0.6) is 0 Å². The van der Waals surface area contributed by atoms with Crippen LogP contribution >= 0.6 is 0 Å². The molecule has 1 rings (SSSR count). The first-order chi connectivity index (χ1) is 7.08. The van der Waals surface area contributed by atoms with Crippen LogP contribution in [0.15, 0.2) is 30.5 Å². The average molecular weight is 206 g/mol. The summed E-state index contributed by atoms with van der Waals surface area (Å²) in [6.07, 6.45) is 3.27. The number of carbonyl (C=O) groups excluding carboxylic acids is 1. The van der Waals surface area contributed by atoms with Gasteiger partial charge < -0.3 is 10.4 Å². The predicted molar refractivity (Wildman–Crippen MR) is 54.4 cm³/mol. The predicted octanol–water partition coefficient (Wildman–Crippen LogP) is 0.969. The fourth-order valence-corrected chi connectivity index (χ4v) is 0.919. The van der Waals surface area contributed by atoms with Gasteiger partial charge in [-0.3, -0.25) is 4.79 Å². The Labute approximate surface area is 86.5 Å². The van der Waals surface area contributed by atoms with Gasteiger partial charge in [-0.1, -0.05) is 0 Å². The Bertz CT molecular complexity index is 413. The van der Waals surface area contributed by atoms with Crippen molar-refractivity contribution < 1.29 is 14.7 Å². The van der Waals surface area contributed by atoms with Crippen molar-refractivity contribution in [2.24, 2.45) is 0 Å². The lowest BCUT2D eigenvalue weighted by atomic mass is 10.3. The highest BCUT2D eigenvalue weighted by Crippen LogP contribution is 2.04. The molecule has 0 aliphatic rings. The summed E-state index contributed by atoms with van der Waals surface area (Å²) in [6.45, 7) is 1.87. The number of carbonyl (C=O) groups is 2. The molecule has 1 amide bonds. The molecule has 2 N–H and O–H groups in total. The Balaban J connectivity index is 2.63. The average Bonchev–Trinajstić information content (AvgIpc) is 2.15. The van der Waals surface area contributed by atoms with E-state index in [1.54, 1.807) is 18.3 Å². The van der Waals surface area contributed by atoms with Gasteiger partial charge in [-0.2, -0.15) is 0 Å². The standard InChI is InChI=1S/C10H10N2O3/c1-7-4-5-11-8(6-7)12-9(13)2-3-10(14)15/h2-6H,1H3,(H,14,15)(H,11,12,13). The molecule has 0 unspecified atom stereocenters. The van der Waals surface area contributed by atoms with Gasteiger partial charge in [-0.15, -0.1) is 0 Å². The van der Waals surface area contributed by atoms with E-state index in [4.69, 9.17) is 5.11 Å². The Hall–Kier alpha value is -2.17. The number of hydrogen-bond donors (Lipinski definition) is 2. The highest BCUT2D eigenvalue weighted by atomic mass is 16.4. The van der Waals surface area contributed by atoms with Crippen molar-refractivity contribution in [1.82, 2.24) is 4.98 Å². The molecule has 0 fully saturated rings. The van der Waals surface area contributed by atoms with Crippen LogP contribution in [0.2, 0.25) is 0 Å². The third kappa shape index (κ3) is 4.04. The number of carboxylic acid groups (broad SMARTS) is 1. The zero-order valence-corrected chi connectivity index (χ0v) is 8.10. The molecule has 1 aromatic heterocycles. The topological polar surface area (TPSA) is 79.3 Å². The third-order valence-electron chi connectivity index (χ3n) is 1.54. The maximum atomic E-state index is 11.1. The molecule has 1 aromatic rings. The first-order valence-corrected chi connectivity index (χ1v) is 4.22. The minimum Gasteiger partial charge on any atom is -0.478 e.